The first-order chi connectivity index (χ1) is 16.3. The summed E-state index contributed by atoms with van der Waals surface area (Å²) in [5, 5.41) is 12.9. The normalized spacial score (nSPS) is 12.4. The van der Waals surface area contributed by atoms with E-state index in [0.29, 0.717) is 0 Å². The van der Waals surface area contributed by atoms with Crippen LogP contribution in [0, 0.1) is 0 Å². The van der Waals surface area contributed by atoms with Crippen LogP contribution in [0.3, 0.4) is 0 Å². The Morgan fingerprint density at radius 2 is 1.18 bits per heavy atom. The van der Waals surface area contributed by atoms with Gasteiger partial charge in [-0.3, -0.25) is 0 Å². The van der Waals surface area contributed by atoms with Crippen LogP contribution in [0.2, 0.25) is 0 Å². The molecule has 0 atom stereocenters. The fraction of sp³-hybridized carbons (Fsp3) is 0.0323. The molecule has 2 nitrogen and oxygen atoms in total. The quantitative estimate of drug-likeness (QED) is 0.238. The Labute approximate surface area is 189 Å². The highest BCUT2D eigenvalue weighted by molar-refractivity contribution is 6.29. The van der Waals surface area contributed by atoms with Crippen molar-refractivity contribution in [3.63, 3.8) is 0 Å². The lowest BCUT2D eigenvalue weighted by Gasteiger charge is -2.05. The first-order valence-electron chi connectivity index (χ1n) is 11.4. The molecule has 6 aromatic carbocycles. The van der Waals surface area contributed by atoms with Crippen molar-refractivity contribution in [2.45, 2.75) is 0 Å². The second-order valence-corrected chi connectivity index (χ2v) is 9.16. The van der Waals surface area contributed by atoms with Gasteiger partial charge in [-0.05, 0) is 39.7 Å². The van der Waals surface area contributed by atoms with Crippen LogP contribution in [-0.4, -0.2) is 9.55 Å². The van der Waals surface area contributed by atoms with Crippen molar-refractivity contribution in [3.05, 3.63) is 97.1 Å². The molecule has 33 heavy (non-hydrogen) atoms. The van der Waals surface area contributed by atoms with Gasteiger partial charge < -0.3 is 9.55 Å². The summed E-state index contributed by atoms with van der Waals surface area (Å²) < 4.78 is 2.40. The predicted octanol–water partition coefficient (Wildman–Crippen LogP) is 8.43. The summed E-state index contributed by atoms with van der Waals surface area (Å²) in [6.45, 7) is 0. The van der Waals surface area contributed by atoms with Gasteiger partial charge >= 0.3 is 0 Å². The second kappa shape index (κ2) is 5.93. The van der Waals surface area contributed by atoms with Crippen LogP contribution in [0.5, 0.6) is 0 Å². The first kappa shape index (κ1) is 17.3. The van der Waals surface area contributed by atoms with Crippen molar-refractivity contribution in [2.75, 3.05) is 0 Å². The minimum absolute atomic E-state index is 1.19. The number of hydrogen-bond acceptors (Lipinski definition) is 0. The Morgan fingerprint density at radius 3 is 2.06 bits per heavy atom. The largest absolute Gasteiger partial charge is 0.354 e. The summed E-state index contributed by atoms with van der Waals surface area (Å²) in [4.78, 5) is 3.77. The van der Waals surface area contributed by atoms with Crippen LogP contribution >= 0.6 is 0 Å². The molecule has 1 N–H and O–H groups in total. The van der Waals surface area contributed by atoms with E-state index in [1.54, 1.807) is 0 Å². The molecular weight excluding hydrogens is 400 g/mol. The number of H-pyrrole nitrogens is 1. The van der Waals surface area contributed by atoms with Gasteiger partial charge in [0, 0.05) is 44.9 Å². The average Bonchev–Trinajstić information content (AvgIpc) is 3.38. The minimum atomic E-state index is 1.19. The highest BCUT2D eigenvalue weighted by atomic mass is 14.9. The van der Waals surface area contributed by atoms with E-state index in [1.807, 2.05) is 0 Å². The Morgan fingerprint density at radius 1 is 0.515 bits per heavy atom. The maximum atomic E-state index is 3.77. The minimum Gasteiger partial charge on any atom is -0.354 e. The number of hydrogen-bond donors (Lipinski definition) is 1. The maximum absolute atomic E-state index is 3.77. The lowest BCUT2D eigenvalue weighted by molar-refractivity contribution is 1.02. The average molecular weight is 421 g/mol. The molecule has 0 radical (unpaired) electrons. The number of rotatable bonds is 0. The zero-order valence-corrected chi connectivity index (χ0v) is 18.2. The van der Waals surface area contributed by atoms with Crippen molar-refractivity contribution < 1.29 is 0 Å². The third-order valence-corrected chi connectivity index (χ3v) is 7.45. The molecule has 8 aromatic rings. The maximum Gasteiger partial charge on any atom is 0.0590 e. The zero-order valence-electron chi connectivity index (χ0n) is 18.2. The summed E-state index contributed by atoms with van der Waals surface area (Å²) in [6.07, 6.45) is 0. The first-order valence-corrected chi connectivity index (χ1v) is 11.4. The Kier molecular flexibility index (Phi) is 3.11. The molecule has 0 aliphatic heterocycles. The Bertz CT molecular complexity index is 2090. The number of nitrogens with one attached hydrogen (secondary N) is 1. The van der Waals surface area contributed by atoms with E-state index in [0.717, 1.165) is 0 Å². The molecule has 0 spiro atoms. The third kappa shape index (κ3) is 2.13. The molecule has 0 aliphatic rings. The molecule has 2 heterocycles. The van der Waals surface area contributed by atoms with E-state index in [9.17, 15) is 0 Å². The van der Waals surface area contributed by atoms with E-state index < -0.39 is 0 Å². The van der Waals surface area contributed by atoms with Gasteiger partial charge in [0.05, 0.1) is 16.6 Å². The molecule has 0 unspecified atom stereocenters. The van der Waals surface area contributed by atoms with E-state index >= 15 is 0 Å². The van der Waals surface area contributed by atoms with Crippen molar-refractivity contribution in [2.24, 2.45) is 7.05 Å². The molecule has 0 saturated carbocycles. The SMILES string of the molecule is Cn1c2c3ccccc3ccc2c2ccc3[nH]c4c5cc6ccccc6cc5ccc4c3c21. The van der Waals surface area contributed by atoms with Crippen molar-refractivity contribution in [3.8, 4) is 0 Å². The second-order valence-electron chi connectivity index (χ2n) is 9.16. The fourth-order valence-electron chi connectivity index (χ4n) is 5.97. The molecule has 0 amide bonds. The van der Waals surface area contributed by atoms with Crippen molar-refractivity contribution >= 4 is 75.9 Å². The number of aryl methyl sites for hydroxylation is 1. The topological polar surface area (TPSA) is 20.7 Å². The lowest BCUT2D eigenvalue weighted by Crippen LogP contribution is -1.88. The number of aromatic nitrogens is 2. The van der Waals surface area contributed by atoms with Crippen LogP contribution < -0.4 is 0 Å². The van der Waals surface area contributed by atoms with Gasteiger partial charge in [0.25, 0.3) is 0 Å². The zero-order chi connectivity index (χ0) is 21.7. The summed E-state index contributed by atoms with van der Waals surface area (Å²) >= 11 is 0. The number of aromatic amines is 1. The molecule has 0 fully saturated rings. The van der Waals surface area contributed by atoms with E-state index in [1.165, 1.54) is 75.9 Å². The highest BCUT2D eigenvalue weighted by Crippen LogP contribution is 2.41. The number of nitrogens with zero attached hydrogens (tertiary/aromatic N) is 1. The molecule has 0 aliphatic carbocycles. The molecular formula is C31H20N2. The Hall–Kier alpha value is -4.30. The third-order valence-electron chi connectivity index (χ3n) is 7.45. The smallest absolute Gasteiger partial charge is 0.0590 e. The molecule has 0 saturated heterocycles. The van der Waals surface area contributed by atoms with E-state index in [-0.39, 0.29) is 0 Å². The molecule has 0 bridgehead atoms. The highest BCUT2D eigenvalue weighted by Gasteiger charge is 2.17. The van der Waals surface area contributed by atoms with Gasteiger partial charge in [-0.1, -0.05) is 78.9 Å². The number of benzene rings is 6. The van der Waals surface area contributed by atoms with Gasteiger partial charge in [0.1, 0.15) is 0 Å². The molecule has 2 heteroatoms. The summed E-state index contributed by atoms with van der Waals surface area (Å²) in [7, 11) is 2.21. The molecule has 154 valence electrons. The van der Waals surface area contributed by atoms with Crippen LogP contribution in [0.25, 0.3) is 75.9 Å². The fourth-order valence-corrected chi connectivity index (χ4v) is 5.97. The van der Waals surface area contributed by atoms with Crippen molar-refractivity contribution in [1.82, 2.24) is 9.55 Å². The van der Waals surface area contributed by atoms with Gasteiger partial charge in [-0.25, -0.2) is 0 Å². The standard InChI is InChI=1S/C31H20N2/c1-33-30-22-9-5-4-6-18(22)10-12-23(30)24-14-15-27-28(31(24)33)25-13-11-21-16-19-7-2-3-8-20(19)17-26(21)29(25)32-27/h2-17,32H,1H3. The van der Waals surface area contributed by atoms with Crippen LogP contribution in [-0.2, 0) is 7.05 Å². The van der Waals surface area contributed by atoms with Crippen LogP contribution in [0.15, 0.2) is 97.1 Å². The monoisotopic (exact) mass is 420 g/mol. The van der Waals surface area contributed by atoms with Crippen LogP contribution in [0.1, 0.15) is 0 Å². The van der Waals surface area contributed by atoms with E-state index in [2.05, 4.69) is 114 Å². The Balaban J connectivity index is 1.59. The predicted molar refractivity (Wildman–Crippen MR) is 142 cm³/mol. The summed E-state index contributed by atoms with van der Waals surface area (Å²) in [6, 6.07) is 35.5. The van der Waals surface area contributed by atoms with Gasteiger partial charge in [-0.2, -0.15) is 0 Å². The van der Waals surface area contributed by atoms with Crippen molar-refractivity contribution in [1.29, 1.82) is 0 Å². The summed E-state index contributed by atoms with van der Waals surface area (Å²) in [5.74, 6) is 0. The lowest BCUT2D eigenvalue weighted by atomic mass is 10.0. The van der Waals surface area contributed by atoms with Gasteiger partial charge in [0.15, 0.2) is 0 Å². The molecule has 2 aromatic heterocycles. The van der Waals surface area contributed by atoms with Gasteiger partial charge in [0.2, 0.25) is 0 Å². The molecule has 8 rings (SSSR count). The number of fused-ring (bicyclic) bond motifs is 12. The summed E-state index contributed by atoms with van der Waals surface area (Å²) in [5.41, 5.74) is 5.01. The van der Waals surface area contributed by atoms with Gasteiger partial charge in [-0.15, -0.1) is 0 Å². The van der Waals surface area contributed by atoms with Crippen LogP contribution in [0.4, 0.5) is 0 Å². The van der Waals surface area contributed by atoms with E-state index in [4.69, 9.17) is 0 Å².